The van der Waals surface area contributed by atoms with Gasteiger partial charge in [-0.25, -0.2) is 9.36 Å². The Bertz CT molecular complexity index is 1220. The average molecular weight is 420 g/mol. The molecule has 0 bridgehead atoms. The Morgan fingerprint density at radius 2 is 1.68 bits per heavy atom. The van der Waals surface area contributed by atoms with Crippen LogP contribution in [0.3, 0.4) is 0 Å². The third-order valence-electron chi connectivity index (χ3n) is 4.92. The molecule has 1 heterocycles. The van der Waals surface area contributed by atoms with Crippen molar-refractivity contribution >= 4 is 17.8 Å². The molecule has 0 unspecified atom stereocenters. The summed E-state index contributed by atoms with van der Waals surface area (Å²) in [6.45, 7) is 6.97. The summed E-state index contributed by atoms with van der Waals surface area (Å²) in [6.07, 6.45) is 1.19. The number of aromatic nitrogens is 2. The first-order valence-electron chi connectivity index (χ1n) is 9.94. The molecule has 2 N–H and O–H groups in total. The Labute approximate surface area is 179 Å². The molecule has 8 heteroatoms. The predicted molar refractivity (Wildman–Crippen MR) is 120 cm³/mol. The molecule has 8 nitrogen and oxygen atoms in total. The lowest BCUT2D eigenvalue weighted by molar-refractivity contribution is 0.0773. The van der Waals surface area contributed by atoms with E-state index in [9.17, 15) is 19.5 Å². The van der Waals surface area contributed by atoms with E-state index in [-0.39, 0.29) is 11.5 Å². The molecule has 31 heavy (non-hydrogen) atoms. The Morgan fingerprint density at radius 3 is 2.26 bits per heavy atom. The number of hydrogen-bond donors (Lipinski definition) is 2. The highest BCUT2D eigenvalue weighted by atomic mass is 16.3. The van der Waals surface area contributed by atoms with Crippen molar-refractivity contribution in [2.75, 3.05) is 13.1 Å². The number of rotatable bonds is 6. The lowest BCUT2D eigenvalue weighted by Crippen LogP contribution is -2.31. The first-order chi connectivity index (χ1) is 14.8. The van der Waals surface area contributed by atoms with Crippen LogP contribution in [-0.4, -0.2) is 44.8 Å². The summed E-state index contributed by atoms with van der Waals surface area (Å²) in [4.78, 5) is 45.0. The molecular weight excluding hydrogens is 396 g/mol. The second-order valence-electron chi connectivity index (χ2n) is 6.95. The van der Waals surface area contributed by atoms with Gasteiger partial charge < -0.3 is 10.0 Å². The maximum Gasteiger partial charge on any atom is 0.335 e. The number of benzene rings is 2. The molecule has 0 radical (unpaired) electrons. The lowest BCUT2D eigenvalue weighted by Gasteiger charge is -2.18. The molecule has 0 fully saturated rings. The van der Waals surface area contributed by atoms with Crippen molar-refractivity contribution in [3.05, 3.63) is 86.1 Å². The molecule has 1 aromatic heterocycles. The van der Waals surface area contributed by atoms with E-state index in [2.05, 4.69) is 9.98 Å². The van der Waals surface area contributed by atoms with Crippen molar-refractivity contribution < 1.29 is 9.90 Å². The third kappa shape index (κ3) is 4.63. The van der Waals surface area contributed by atoms with Crippen molar-refractivity contribution in [2.45, 2.75) is 20.8 Å². The van der Waals surface area contributed by atoms with Crippen LogP contribution in [0.2, 0.25) is 0 Å². The van der Waals surface area contributed by atoms with Crippen molar-refractivity contribution in [3.8, 4) is 11.6 Å². The Balaban J connectivity index is 1.93. The molecule has 0 aliphatic carbocycles. The standard InChI is InChI=1S/C23H24N4O4/c1-4-26(5-2)21(29)16-8-10-17(11-9-16)24-14-19-20(28)25-23(31)27(22(19)30)18-12-6-15(3)7-13-18/h6-14,30H,4-5H2,1-3H3,(H,25,28,31). The van der Waals surface area contributed by atoms with Crippen LogP contribution >= 0.6 is 0 Å². The molecule has 0 spiro atoms. The number of carbonyl (C=O) groups excluding carboxylic acids is 1. The van der Waals surface area contributed by atoms with Gasteiger partial charge in [-0.1, -0.05) is 17.7 Å². The van der Waals surface area contributed by atoms with Gasteiger partial charge in [-0.3, -0.25) is 19.6 Å². The van der Waals surface area contributed by atoms with Crippen LogP contribution in [-0.2, 0) is 0 Å². The average Bonchev–Trinajstić information content (AvgIpc) is 2.76. The minimum atomic E-state index is -0.747. The molecule has 1 amide bonds. The molecule has 0 saturated carbocycles. The summed E-state index contributed by atoms with van der Waals surface area (Å²) in [5, 5.41) is 10.6. The minimum Gasteiger partial charge on any atom is -0.493 e. The van der Waals surface area contributed by atoms with Gasteiger partial charge >= 0.3 is 5.69 Å². The molecule has 160 valence electrons. The van der Waals surface area contributed by atoms with Crippen LogP contribution in [0.25, 0.3) is 5.69 Å². The molecule has 0 atom stereocenters. The Hall–Kier alpha value is -3.94. The zero-order valence-electron chi connectivity index (χ0n) is 17.6. The lowest BCUT2D eigenvalue weighted by atomic mass is 10.2. The van der Waals surface area contributed by atoms with Crippen molar-refractivity contribution in [3.63, 3.8) is 0 Å². The van der Waals surface area contributed by atoms with Gasteiger partial charge in [0, 0.05) is 24.9 Å². The van der Waals surface area contributed by atoms with Crippen molar-refractivity contribution in [1.29, 1.82) is 0 Å². The first-order valence-corrected chi connectivity index (χ1v) is 9.94. The Morgan fingerprint density at radius 1 is 1.06 bits per heavy atom. The molecule has 2 aromatic carbocycles. The molecule has 3 rings (SSSR count). The van der Waals surface area contributed by atoms with Gasteiger partial charge in [0.1, 0.15) is 5.56 Å². The van der Waals surface area contributed by atoms with E-state index < -0.39 is 17.1 Å². The SMILES string of the molecule is CCN(CC)C(=O)c1ccc(N=Cc2c(O)n(-c3ccc(C)cc3)c(=O)[nH]c2=O)cc1. The van der Waals surface area contributed by atoms with E-state index in [1.54, 1.807) is 53.4 Å². The van der Waals surface area contributed by atoms with Gasteiger partial charge in [0.25, 0.3) is 11.5 Å². The van der Waals surface area contributed by atoms with Gasteiger partial charge in [0.15, 0.2) is 0 Å². The third-order valence-corrected chi connectivity index (χ3v) is 4.92. The number of nitrogens with one attached hydrogen (secondary N) is 1. The highest BCUT2D eigenvalue weighted by Gasteiger charge is 2.15. The van der Waals surface area contributed by atoms with Crippen LogP contribution in [0.15, 0.2) is 63.1 Å². The largest absolute Gasteiger partial charge is 0.493 e. The zero-order chi connectivity index (χ0) is 22.5. The minimum absolute atomic E-state index is 0.0696. The second-order valence-corrected chi connectivity index (χ2v) is 6.95. The van der Waals surface area contributed by atoms with Crippen molar-refractivity contribution in [2.24, 2.45) is 4.99 Å². The molecule has 0 saturated heterocycles. The quantitative estimate of drug-likeness (QED) is 0.598. The maximum absolute atomic E-state index is 12.4. The van der Waals surface area contributed by atoms with E-state index in [0.717, 1.165) is 10.1 Å². The fourth-order valence-electron chi connectivity index (χ4n) is 3.11. The molecule has 3 aromatic rings. The monoisotopic (exact) mass is 420 g/mol. The summed E-state index contributed by atoms with van der Waals surface area (Å²) in [6, 6.07) is 13.5. The van der Waals surface area contributed by atoms with Crippen LogP contribution < -0.4 is 11.2 Å². The highest BCUT2D eigenvalue weighted by Crippen LogP contribution is 2.18. The van der Waals surface area contributed by atoms with Crippen LogP contribution in [0.5, 0.6) is 5.88 Å². The summed E-state index contributed by atoms with van der Waals surface area (Å²) >= 11 is 0. The number of aliphatic imine (C=N–C) groups is 1. The Kier molecular flexibility index (Phi) is 6.49. The molecule has 0 aliphatic heterocycles. The number of aromatic amines is 1. The number of carbonyl (C=O) groups is 1. The first kappa shape index (κ1) is 21.8. The van der Waals surface area contributed by atoms with Gasteiger partial charge in [-0.05, 0) is 57.2 Å². The number of aryl methyl sites for hydroxylation is 1. The topological polar surface area (TPSA) is 108 Å². The van der Waals surface area contributed by atoms with Crippen LogP contribution in [0, 0.1) is 6.92 Å². The number of amides is 1. The predicted octanol–water partition coefficient (Wildman–Crippen LogP) is 2.77. The zero-order valence-corrected chi connectivity index (χ0v) is 17.6. The maximum atomic E-state index is 12.4. The van der Waals surface area contributed by atoms with E-state index in [4.69, 9.17) is 0 Å². The van der Waals surface area contributed by atoms with Crippen molar-refractivity contribution in [1.82, 2.24) is 14.5 Å². The summed E-state index contributed by atoms with van der Waals surface area (Å²) in [5.74, 6) is -0.575. The van der Waals surface area contributed by atoms with Crippen LogP contribution in [0.1, 0.15) is 35.3 Å². The number of H-pyrrole nitrogens is 1. The van der Waals surface area contributed by atoms with Gasteiger partial charge in [-0.2, -0.15) is 0 Å². The second kappa shape index (κ2) is 9.25. The summed E-state index contributed by atoms with van der Waals surface area (Å²) < 4.78 is 1.01. The normalized spacial score (nSPS) is 11.1. The van der Waals surface area contributed by atoms with Gasteiger partial charge in [0.05, 0.1) is 11.4 Å². The van der Waals surface area contributed by atoms with E-state index in [0.29, 0.717) is 30.0 Å². The van der Waals surface area contributed by atoms with E-state index in [1.807, 2.05) is 20.8 Å². The summed E-state index contributed by atoms with van der Waals surface area (Å²) in [7, 11) is 0. The highest BCUT2D eigenvalue weighted by molar-refractivity contribution is 5.94. The van der Waals surface area contributed by atoms with Crippen LogP contribution in [0.4, 0.5) is 5.69 Å². The molecule has 0 aliphatic rings. The van der Waals surface area contributed by atoms with Gasteiger partial charge in [0.2, 0.25) is 5.88 Å². The van der Waals surface area contributed by atoms with Gasteiger partial charge in [-0.15, -0.1) is 0 Å². The smallest absolute Gasteiger partial charge is 0.335 e. The molecular formula is C23H24N4O4. The number of nitrogens with zero attached hydrogens (tertiary/aromatic N) is 3. The van der Waals surface area contributed by atoms with E-state index in [1.165, 1.54) is 6.21 Å². The number of hydrogen-bond acceptors (Lipinski definition) is 5. The fourth-order valence-corrected chi connectivity index (χ4v) is 3.11. The summed E-state index contributed by atoms with van der Waals surface area (Å²) in [5.41, 5.74) is 0.789. The number of aromatic hydroxyl groups is 1. The van der Waals surface area contributed by atoms with E-state index >= 15 is 0 Å². The fraction of sp³-hybridized carbons (Fsp3) is 0.217.